The highest BCUT2D eigenvalue weighted by Crippen LogP contribution is 2.29. The molecule has 1 aliphatic rings. The molecule has 0 spiro atoms. The number of aliphatic imine (C=N–C) groups is 1. The number of carbonyl (C=O) groups excluding carboxylic acids is 1. The molecule has 4 rings (SSSR count). The normalized spacial score (nSPS) is 16.0. The van der Waals surface area contributed by atoms with Gasteiger partial charge in [0.05, 0.1) is 13.2 Å². The van der Waals surface area contributed by atoms with Gasteiger partial charge in [-0.05, 0) is 58.6 Å². The number of rotatable bonds is 13. The van der Waals surface area contributed by atoms with Crippen LogP contribution in [0, 0.1) is 11.6 Å². The van der Waals surface area contributed by atoms with Crippen LogP contribution < -0.4 is 15.6 Å². The van der Waals surface area contributed by atoms with Crippen LogP contribution in [0.1, 0.15) is 28.7 Å². The number of ether oxygens (including phenoxy) is 2. The van der Waals surface area contributed by atoms with E-state index in [-0.39, 0.29) is 38.6 Å². The van der Waals surface area contributed by atoms with Crippen LogP contribution >= 0.6 is 0 Å². The van der Waals surface area contributed by atoms with Gasteiger partial charge in [-0.3, -0.25) is 10.2 Å². The minimum atomic E-state index is -1.38. The number of azide groups is 1. The number of aliphatic hydroxyl groups excluding tert-OH is 1. The molecule has 0 fully saturated rings. The Hall–Kier alpha value is -4.51. The van der Waals surface area contributed by atoms with Crippen LogP contribution in [0.5, 0.6) is 5.75 Å². The smallest absolute Gasteiger partial charge is 0.266 e. The molecule has 0 saturated carbocycles. The fraction of sp³-hybridized carbons (Fsp3) is 0.286. The monoisotopic (exact) mass is 550 g/mol. The second-order valence-electron chi connectivity index (χ2n) is 9.08. The van der Waals surface area contributed by atoms with Gasteiger partial charge in [-0.1, -0.05) is 35.4 Å². The van der Waals surface area contributed by atoms with E-state index in [0.717, 1.165) is 23.3 Å². The predicted octanol–water partition coefficient (Wildman–Crippen LogP) is 4.12. The number of amides is 1. The Labute approximate surface area is 229 Å². The zero-order valence-corrected chi connectivity index (χ0v) is 21.5. The standard InChI is InChI=1S/C28H28F2N6O4/c29-24-11-6-19(14-25(24)30)16-32-35-27(38)28(15-21-4-1-2-5-22(21)17-33-36-31)18-40-26(34-28)20-7-9-23(10-8-20)39-13-3-12-37/h1-2,4-11,14,32,37H,3,12-13,15-18H2,(H,35,38)/t28-/m0/s1. The van der Waals surface area contributed by atoms with E-state index in [0.29, 0.717) is 29.9 Å². The van der Waals surface area contributed by atoms with Crippen molar-refractivity contribution in [2.45, 2.75) is 31.5 Å². The molecule has 0 bridgehead atoms. The molecular formula is C28H28F2N6O4. The lowest BCUT2D eigenvalue weighted by Gasteiger charge is -2.24. The number of halogens is 2. The molecule has 40 heavy (non-hydrogen) atoms. The summed E-state index contributed by atoms with van der Waals surface area (Å²) in [5, 5.41) is 12.6. The summed E-state index contributed by atoms with van der Waals surface area (Å²) in [6.07, 6.45) is 0.662. The van der Waals surface area contributed by atoms with Gasteiger partial charge in [0.2, 0.25) is 5.90 Å². The molecule has 3 aromatic carbocycles. The third kappa shape index (κ3) is 7.11. The van der Waals surface area contributed by atoms with Gasteiger partial charge in [-0.25, -0.2) is 19.2 Å². The molecule has 12 heteroatoms. The number of benzene rings is 3. The molecule has 1 heterocycles. The maximum absolute atomic E-state index is 13.6. The summed E-state index contributed by atoms with van der Waals surface area (Å²) in [5.41, 5.74) is 15.4. The molecule has 208 valence electrons. The summed E-state index contributed by atoms with van der Waals surface area (Å²) in [4.78, 5) is 21.1. The second kappa shape index (κ2) is 13.5. The molecule has 0 aliphatic carbocycles. The van der Waals surface area contributed by atoms with Crippen LogP contribution in [0.25, 0.3) is 10.4 Å². The Morgan fingerprint density at radius 2 is 1.90 bits per heavy atom. The molecule has 1 atom stereocenters. The summed E-state index contributed by atoms with van der Waals surface area (Å²) < 4.78 is 38.3. The van der Waals surface area contributed by atoms with Gasteiger partial charge >= 0.3 is 0 Å². The van der Waals surface area contributed by atoms with Crippen molar-refractivity contribution in [1.29, 1.82) is 0 Å². The zero-order valence-electron chi connectivity index (χ0n) is 21.5. The van der Waals surface area contributed by atoms with Gasteiger partial charge in [0, 0.05) is 36.5 Å². The summed E-state index contributed by atoms with van der Waals surface area (Å²) in [6, 6.07) is 17.8. The zero-order chi connectivity index (χ0) is 28.4. The summed E-state index contributed by atoms with van der Waals surface area (Å²) in [6.45, 7) is 0.499. The van der Waals surface area contributed by atoms with Crippen molar-refractivity contribution in [2.24, 2.45) is 10.1 Å². The summed E-state index contributed by atoms with van der Waals surface area (Å²) in [7, 11) is 0. The van der Waals surface area contributed by atoms with Crippen molar-refractivity contribution in [3.05, 3.63) is 111 Å². The quantitative estimate of drug-likeness (QED) is 0.0966. The number of aliphatic hydroxyl groups is 1. The van der Waals surface area contributed by atoms with Crippen molar-refractivity contribution in [1.82, 2.24) is 10.9 Å². The van der Waals surface area contributed by atoms with Crippen LogP contribution in [0.15, 0.2) is 76.8 Å². The summed E-state index contributed by atoms with van der Waals surface area (Å²) >= 11 is 0. The van der Waals surface area contributed by atoms with Gasteiger partial charge in [-0.2, -0.15) is 0 Å². The first-order valence-electron chi connectivity index (χ1n) is 12.6. The van der Waals surface area contributed by atoms with Crippen molar-refractivity contribution in [3.8, 4) is 5.75 Å². The molecule has 1 aliphatic heterocycles. The van der Waals surface area contributed by atoms with Crippen LogP contribution in [0.4, 0.5) is 8.78 Å². The lowest BCUT2D eigenvalue weighted by Crippen LogP contribution is -2.52. The molecule has 0 saturated heterocycles. The average Bonchev–Trinajstić information content (AvgIpc) is 3.40. The highest BCUT2D eigenvalue weighted by Gasteiger charge is 2.45. The lowest BCUT2D eigenvalue weighted by atomic mass is 9.89. The fourth-order valence-corrected chi connectivity index (χ4v) is 4.13. The van der Waals surface area contributed by atoms with Crippen LogP contribution in [0.2, 0.25) is 0 Å². The minimum absolute atomic E-state index is 0.0362. The van der Waals surface area contributed by atoms with Crippen LogP contribution in [0.3, 0.4) is 0 Å². The molecule has 0 aromatic heterocycles. The molecule has 0 radical (unpaired) electrons. The van der Waals surface area contributed by atoms with Crippen LogP contribution in [-0.2, 0) is 29.0 Å². The van der Waals surface area contributed by atoms with E-state index in [4.69, 9.17) is 25.1 Å². The Bertz CT molecular complexity index is 1410. The van der Waals surface area contributed by atoms with Gasteiger partial charge in [-0.15, -0.1) is 0 Å². The van der Waals surface area contributed by atoms with Gasteiger partial charge < -0.3 is 14.6 Å². The number of nitrogens with one attached hydrogen (secondary N) is 2. The lowest BCUT2D eigenvalue weighted by molar-refractivity contribution is -0.127. The minimum Gasteiger partial charge on any atom is -0.494 e. The van der Waals surface area contributed by atoms with Crippen molar-refractivity contribution in [3.63, 3.8) is 0 Å². The maximum atomic E-state index is 13.6. The highest BCUT2D eigenvalue weighted by atomic mass is 19.2. The Kier molecular flexibility index (Phi) is 9.63. The summed E-state index contributed by atoms with van der Waals surface area (Å²) in [5.74, 6) is -1.55. The molecule has 10 nitrogen and oxygen atoms in total. The largest absolute Gasteiger partial charge is 0.494 e. The molecule has 1 amide bonds. The third-order valence-corrected chi connectivity index (χ3v) is 6.24. The SMILES string of the molecule is [N-]=[N+]=NCc1ccccc1C[C@@]1(C(=O)NNCc2ccc(F)c(F)c2)COC(c2ccc(OCCCO)cc2)=N1. The van der Waals surface area contributed by atoms with Crippen LogP contribution in [-0.4, -0.2) is 42.3 Å². The molecule has 0 unspecified atom stereocenters. The number of nitrogens with zero attached hydrogens (tertiary/aromatic N) is 4. The molecule has 3 N–H and O–H groups in total. The Morgan fingerprint density at radius 3 is 2.62 bits per heavy atom. The average molecular weight is 551 g/mol. The first-order valence-corrected chi connectivity index (χ1v) is 12.6. The van der Waals surface area contributed by atoms with E-state index in [2.05, 4.69) is 20.9 Å². The van der Waals surface area contributed by atoms with Crippen molar-refractivity contribution in [2.75, 3.05) is 19.8 Å². The maximum Gasteiger partial charge on any atom is 0.266 e. The number of hydrazine groups is 1. The topological polar surface area (TPSA) is 141 Å². The Balaban J connectivity index is 1.56. The van der Waals surface area contributed by atoms with E-state index in [9.17, 15) is 13.6 Å². The highest BCUT2D eigenvalue weighted by molar-refractivity contribution is 6.00. The van der Waals surface area contributed by atoms with E-state index in [1.165, 1.54) is 6.07 Å². The van der Waals surface area contributed by atoms with E-state index in [1.807, 2.05) is 24.3 Å². The van der Waals surface area contributed by atoms with Gasteiger partial charge in [0.1, 0.15) is 12.4 Å². The first kappa shape index (κ1) is 28.5. The van der Waals surface area contributed by atoms with Crippen molar-refractivity contribution >= 4 is 11.8 Å². The molecular weight excluding hydrogens is 522 g/mol. The first-order chi connectivity index (χ1) is 19.4. The van der Waals surface area contributed by atoms with Crippen molar-refractivity contribution < 1.29 is 28.2 Å². The number of hydrogen-bond acceptors (Lipinski definition) is 7. The third-order valence-electron chi connectivity index (χ3n) is 6.24. The predicted molar refractivity (Wildman–Crippen MR) is 143 cm³/mol. The van der Waals surface area contributed by atoms with E-state index < -0.39 is 23.1 Å². The molecule has 3 aromatic rings. The fourth-order valence-electron chi connectivity index (χ4n) is 4.13. The van der Waals surface area contributed by atoms with E-state index in [1.54, 1.807) is 24.3 Å². The number of hydrogen-bond donors (Lipinski definition) is 3. The van der Waals surface area contributed by atoms with Gasteiger partial charge in [0.25, 0.3) is 5.91 Å². The van der Waals surface area contributed by atoms with Gasteiger partial charge in [0.15, 0.2) is 17.2 Å². The number of carbonyl (C=O) groups is 1. The van der Waals surface area contributed by atoms with E-state index >= 15 is 0 Å². The Morgan fingerprint density at radius 1 is 1.12 bits per heavy atom. The second-order valence-corrected chi connectivity index (χ2v) is 9.08.